The van der Waals surface area contributed by atoms with E-state index in [1.54, 1.807) is 30.3 Å². The lowest BCUT2D eigenvalue weighted by Gasteiger charge is -2.11. The number of fused-ring (bicyclic) bond motifs is 1. The first kappa shape index (κ1) is 20.5. The van der Waals surface area contributed by atoms with Crippen molar-refractivity contribution < 1.29 is 18.8 Å². The van der Waals surface area contributed by atoms with Crippen LogP contribution in [-0.2, 0) is 6.54 Å². The van der Waals surface area contributed by atoms with Crippen molar-refractivity contribution in [1.29, 1.82) is 0 Å². The van der Waals surface area contributed by atoms with Crippen LogP contribution in [0.2, 0.25) is 10.0 Å². The number of carbonyl (C=O) groups excluding carboxylic acids is 1. The molecule has 0 unspecified atom stereocenters. The number of hydrogen-bond donors (Lipinski definition) is 1. The number of halogens is 2. The fourth-order valence-electron chi connectivity index (χ4n) is 3.74. The first-order chi connectivity index (χ1) is 15.4. The first-order valence-corrected chi connectivity index (χ1v) is 10.5. The number of nitrogens with two attached hydrogens (primary N) is 1. The maximum Gasteiger partial charge on any atom is 0.250 e. The highest BCUT2D eigenvalue weighted by Gasteiger charge is 2.22. The summed E-state index contributed by atoms with van der Waals surface area (Å²) in [4.78, 5) is 12.0. The van der Waals surface area contributed by atoms with Crippen molar-refractivity contribution in [2.24, 2.45) is 5.73 Å². The molecule has 0 saturated heterocycles. The fraction of sp³-hybridized carbons (Fsp3) is 0.130. The molecule has 1 amide bonds. The summed E-state index contributed by atoms with van der Waals surface area (Å²) in [6.07, 6.45) is 0. The lowest BCUT2D eigenvalue weighted by atomic mass is 10.1. The fourth-order valence-corrected chi connectivity index (χ4v) is 4.25. The van der Waals surface area contributed by atoms with Crippen LogP contribution < -0.4 is 15.2 Å². The molecule has 0 spiro atoms. The molecule has 0 fully saturated rings. The first-order valence-electron chi connectivity index (χ1n) is 9.71. The highest BCUT2D eigenvalue weighted by atomic mass is 35.5. The maximum absolute atomic E-state index is 12.0. The zero-order valence-electron chi connectivity index (χ0n) is 16.9. The second-order valence-corrected chi connectivity index (χ2v) is 8.21. The molecule has 5 rings (SSSR count). The number of aromatic nitrogens is 2. The van der Waals surface area contributed by atoms with Crippen LogP contribution in [0, 0.1) is 6.92 Å². The number of carbonyl (C=O) groups is 1. The predicted octanol–water partition coefficient (Wildman–Crippen LogP) is 5.30. The van der Waals surface area contributed by atoms with Crippen LogP contribution in [-0.4, -0.2) is 22.4 Å². The van der Waals surface area contributed by atoms with E-state index >= 15 is 0 Å². The number of primary amides is 1. The van der Waals surface area contributed by atoms with Crippen molar-refractivity contribution in [3.63, 3.8) is 0 Å². The van der Waals surface area contributed by atoms with Gasteiger partial charge in [0.2, 0.25) is 6.79 Å². The number of amides is 1. The molecule has 7 nitrogen and oxygen atoms in total. The van der Waals surface area contributed by atoms with Crippen molar-refractivity contribution in [2.75, 3.05) is 6.79 Å². The molecular formula is C23H17Cl2N3O4. The molecule has 0 saturated carbocycles. The summed E-state index contributed by atoms with van der Waals surface area (Å²) >= 11 is 12.3. The van der Waals surface area contributed by atoms with Crippen LogP contribution in [0.4, 0.5) is 0 Å². The normalized spacial score (nSPS) is 12.3. The zero-order chi connectivity index (χ0) is 22.4. The Hall–Kier alpha value is -3.42. The molecule has 4 aromatic rings. The van der Waals surface area contributed by atoms with E-state index < -0.39 is 5.91 Å². The minimum absolute atomic E-state index is 0.201. The number of ether oxygens (including phenoxy) is 2. The van der Waals surface area contributed by atoms with Gasteiger partial charge in [0.05, 0.1) is 16.3 Å². The van der Waals surface area contributed by atoms with Gasteiger partial charge in [-0.25, -0.2) is 0 Å². The average molecular weight is 470 g/mol. The van der Waals surface area contributed by atoms with E-state index in [-0.39, 0.29) is 6.79 Å². The summed E-state index contributed by atoms with van der Waals surface area (Å²) in [6.45, 7) is 2.50. The molecule has 162 valence electrons. The molecule has 2 aromatic carbocycles. The Morgan fingerprint density at radius 3 is 2.69 bits per heavy atom. The standard InChI is InChI=1S/C23H17Cl2N3O4/c1-12-16(23(26)29)8-19(28(12)10-13-2-5-20-22(6-13)31-11-30-20)21-9-18(27-32-21)15-4-3-14(24)7-17(15)25/h2-9H,10-11H2,1H3,(H2,26,29). The van der Waals surface area contributed by atoms with Gasteiger partial charge in [0, 0.05) is 28.9 Å². The SMILES string of the molecule is Cc1c(C(N)=O)cc(-c2cc(-c3ccc(Cl)cc3Cl)no2)n1Cc1ccc2c(c1)OCO2. The summed E-state index contributed by atoms with van der Waals surface area (Å²) in [5.74, 6) is 1.34. The molecule has 9 heteroatoms. The van der Waals surface area contributed by atoms with Crippen LogP contribution in [0.25, 0.3) is 22.7 Å². The van der Waals surface area contributed by atoms with Gasteiger partial charge in [0.25, 0.3) is 5.91 Å². The molecule has 0 atom stereocenters. The molecule has 0 bridgehead atoms. The van der Waals surface area contributed by atoms with E-state index in [0.717, 1.165) is 5.56 Å². The van der Waals surface area contributed by atoms with E-state index in [1.807, 2.05) is 29.7 Å². The number of benzene rings is 2. The second kappa shape index (κ2) is 7.93. The largest absolute Gasteiger partial charge is 0.454 e. The van der Waals surface area contributed by atoms with E-state index in [0.29, 0.717) is 62.1 Å². The highest BCUT2D eigenvalue weighted by molar-refractivity contribution is 6.36. The third-order valence-electron chi connectivity index (χ3n) is 5.38. The molecule has 2 N–H and O–H groups in total. The van der Waals surface area contributed by atoms with Gasteiger partial charge < -0.3 is 24.3 Å². The second-order valence-electron chi connectivity index (χ2n) is 7.37. The molecular weight excluding hydrogens is 453 g/mol. The Kier molecular flexibility index (Phi) is 5.07. The van der Waals surface area contributed by atoms with Crippen molar-refractivity contribution in [1.82, 2.24) is 9.72 Å². The van der Waals surface area contributed by atoms with Crippen molar-refractivity contribution in [2.45, 2.75) is 13.5 Å². The summed E-state index contributed by atoms with van der Waals surface area (Å²) < 4.78 is 18.4. The van der Waals surface area contributed by atoms with Gasteiger partial charge >= 0.3 is 0 Å². The summed E-state index contributed by atoms with van der Waals surface area (Å²) in [7, 11) is 0. The Morgan fingerprint density at radius 2 is 1.91 bits per heavy atom. The Balaban J connectivity index is 1.56. The maximum atomic E-state index is 12.0. The Bertz CT molecular complexity index is 1360. The summed E-state index contributed by atoms with van der Waals surface area (Å²) in [5.41, 5.74) is 9.60. The van der Waals surface area contributed by atoms with Crippen LogP contribution in [0.5, 0.6) is 11.5 Å². The van der Waals surface area contributed by atoms with Crippen molar-refractivity contribution in [3.8, 4) is 34.2 Å². The quantitative estimate of drug-likeness (QED) is 0.427. The monoisotopic (exact) mass is 469 g/mol. The number of nitrogens with zero attached hydrogens (tertiary/aromatic N) is 2. The van der Waals surface area contributed by atoms with Gasteiger partial charge in [-0.2, -0.15) is 0 Å². The minimum atomic E-state index is -0.520. The molecule has 0 radical (unpaired) electrons. The smallest absolute Gasteiger partial charge is 0.250 e. The topological polar surface area (TPSA) is 92.5 Å². The van der Waals surface area contributed by atoms with Gasteiger partial charge in [-0.3, -0.25) is 4.79 Å². The van der Waals surface area contributed by atoms with E-state index in [1.165, 1.54) is 0 Å². The van der Waals surface area contributed by atoms with Gasteiger partial charge in [-0.1, -0.05) is 34.4 Å². The number of hydrogen-bond acceptors (Lipinski definition) is 5. The third kappa shape index (κ3) is 3.59. The molecule has 2 aromatic heterocycles. The number of rotatable bonds is 5. The molecule has 0 aliphatic carbocycles. The van der Waals surface area contributed by atoms with Gasteiger partial charge in [0.1, 0.15) is 5.69 Å². The van der Waals surface area contributed by atoms with Gasteiger partial charge in [-0.05, 0) is 48.9 Å². The molecule has 1 aliphatic rings. The lowest BCUT2D eigenvalue weighted by molar-refractivity contribution is 0.0999. The lowest BCUT2D eigenvalue weighted by Crippen LogP contribution is -2.12. The molecule has 1 aliphatic heterocycles. The van der Waals surface area contributed by atoms with Crippen LogP contribution in [0.1, 0.15) is 21.6 Å². The Labute approximate surface area is 193 Å². The predicted molar refractivity (Wildman–Crippen MR) is 120 cm³/mol. The summed E-state index contributed by atoms with van der Waals surface area (Å²) in [5, 5.41) is 5.15. The average Bonchev–Trinajstić information content (AvgIpc) is 3.47. The zero-order valence-corrected chi connectivity index (χ0v) is 18.4. The van der Waals surface area contributed by atoms with Crippen molar-refractivity contribution in [3.05, 3.63) is 75.4 Å². The van der Waals surface area contributed by atoms with Crippen LogP contribution in [0.3, 0.4) is 0 Å². The highest BCUT2D eigenvalue weighted by Crippen LogP contribution is 2.36. The van der Waals surface area contributed by atoms with Gasteiger partial charge in [-0.15, -0.1) is 0 Å². The minimum Gasteiger partial charge on any atom is -0.454 e. The van der Waals surface area contributed by atoms with E-state index in [4.69, 9.17) is 42.9 Å². The summed E-state index contributed by atoms with van der Waals surface area (Å²) in [6, 6.07) is 14.3. The van der Waals surface area contributed by atoms with Crippen LogP contribution >= 0.6 is 23.2 Å². The molecule has 3 heterocycles. The van der Waals surface area contributed by atoms with Gasteiger partial charge in [0.15, 0.2) is 17.3 Å². The van der Waals surface area contributed by atoms with E-state index in [9.17, 15) is 4.79 Å². The van der Waals surface area contributed by atoms with Crippen molar-refractivity contribution >= 4 is 29.1 Å². The Morgan fingerprint density at radius 1 is 1.09 bits per heavy atom. The third-order valence-corrected chi connectivity index (χ3v) is 5.93. The van der Waals surface area contributed by atoms with Crippen LogP contribution in [0.15, 0.2) is 53.1 Å². The van der Waals surface area contributed by atoms with E-state index in [2.05, 4.69) is 5.16 Å². The molecule has 32 heavy (non-hydrogen) atoms.